The second kappa shape index (κ2) is 13.1. The van der Waals surface area contributed by atoms with Crippen molar-refractivity contribution in [2.45, 2.75) is 147 Å². The number of allylic oxidation sites excluding steroid dienone is 1. The van der Waals surface area contributed by atoms with Crippen molar-refractivity contribution < 1.29 is 18.9 Å². The van der Waals surface area contributed by atoms with E-state index in [1.54, 1.807) is 5.57 Å². The molecule has 2 aliphatic heterocycles. The Balaban J connectivity index is 1.18. The molecular weight excluding hydrogens is 623 g/mol. The molecule has 3 saturated carbocycles. The Labute approximate surface area is 264 Å². The largest absolute Gasteiger partial charge is 0.353 e. The van der Waals surface area contributed by atoms with Crippen LogP contribution in [-0.4, -0.2) is 41.9 Å². The van der Waals surface area contributed by atoms with Gasteiger partial charge in [0.15, 0.2) is 12.1 Å². The van der Waals surface area contributed by atoms with Gasteiger partial charge in [-0.3, -0.25) is 0 Å². The third kappa shape index (κ3) is 5.97. The number of hydrogen-bond donors (Lipinski definition) is 0. The predicted octanol–water partition coefficient (Wildman–Crippen LogP) is 9.14. The maximum atomic E-state index is 7.11. The van der Waals surface area contributed by atoms with E-state index in [1.165, 1.54) is 81.5 Å². The summed E-state index contributed by atoms with van der Waals surface area (Å²) in [7, 11) is 0. The Morgan fingerprint density at radius 3 is 2.44 bits per heavy atom. The van der Waals surface area contributed by atoms with Crippen LogP contribution in [0.5, 0.6) is 0 Å². The normalized spacial score (nSPS) is 41.2. The number of rotatable bonds is 9. The predicted molar refractivity (Wildman–Crippen MR) is 173 cm³/mol. The first-order chi connectivity index (χ1) is 19.9. The minimum atomic E-state index is -0.363. The summed E-state index contributed by atoms with van der Waals surface area (Å²) in [4.78, 5) is 0. The summed E-state index contributed by atoms with van der Waals surface area (Å²) in [5.41, 5.74) is 1.64. The molecule has 0 amide bonds. The molecule has 5 fully saturated rings. The molecule has 2 saturated heterocycles. The molecule has 5 heteroatoms. The van der Waals surface area contributed by atoms with Gasteiger partial charge in [-0.25, -0.2) is 0 Å². The molecule has 0 N–H and O–H groups in total. The summed E-state index contributed by atoms with van der Waals surface area (Å²) < 4.78 is 26.9. The van der Waals surface area contributed by atoms with Crippen LogP contribution >= 0.6 is 22.6 Å². The summed E-state index contributed by atoms with van der Waals surface area (Å²) in [6, 6.07) is 0. The lowest BCUT2D eigenvalue weighted by Crippen LogP contribution is -2.56. The van der Waals surface area contributed by atoms with Crippen molar-refractivity contribution in [2.24, 2.45) is 28.6 Å². The lowest BCUT2D eigenvalue weighted by Gasteiger charge is -2.59. The summed E-state index contributed by atoms with van der Waals surface area (Å²) in [5, 5.41) is 0. The molecule has 0 radical (unpaired) electrons. The fourth-order valence-electron chi connectivity index (χ4n) is 10.0. The molecule has 7 atom stereocenters. The molecule has 6 rings (SSSR count). The van der Waals surface area contributed by atoms with E-state index in [-0.39, 0.29) is 28.5 Å². The zero-order chi connectivity index (χ0) is 28.4. The summed E-state index contributed by atoms with van der Waals surface area (Å²) >= 11 is 2.49. The Kier molecular flexibility index (Phi) is 9.85. The fourth-order valence-corrected chi connectivity index (χ4v) is 10.6. The number of ether oxygens (including phenoxy) is 4. The van der Waals surface area contributed by atoms with E-state index in [0.29, 0.717) is 5.92 Å². The minimum absolute atomic E-state index is 0.0828. The van der Waals surface area contributed by atoms with Crippen LogP contribution in [0.4, 0.5) is 0 Å². The van der Waals surface area contributed by atoms with E-state index in [1.807, 2.05) is 0 Å². The molecule has 4 nitrogen and oxygen atoms in total. The van der Waals surface area contributed by atoms with Gasteiger partial charge in [-0.2, -0.15) is 0 Å². The van der Waals surface area contributed by atoms with Crippen molar-refractivity contribution in [1.82, 2.24) is 0 Å². The van der Waals surface area contributed by atoms with E-state index >= 15 is 0 Å². The molecule has 41 heavy (non-hydrogen) atoms. The topological polar surface area (TPSA) is 36.9 Å². The fraction of sp³-hybridized carbons (Fsp3) is 0.889. The van der Waals surface area contributed by atoms with E-state index < -0.39 is 0 Å². The van der Waals surface area contributed by atoms with Crippen LogP contribution in [0.25, 0.3) is 0 Å². The lowest BCUT2D eigenvalue weighted by molar-refractivity contribution is -0.242. The van der Waals surface area contributed by atoms with Gasteiger partial charge in [-0.1, -0.05) is 79.7 Å². The summed E-state index contributed by atoms with van der Waals surface area (Å²) in [6.07, 6.45) is 24.2. The second-order valence-corrected chi connectivity index (χ2v) is 15.7. The van der Waals surface area contributed by atoms with Crippen molar-refractivity contribution in [3.05, 3.63) is 11.6 Å². The van der Waals surface area contributed by atoms with Crippen LogP contribution < -0.4 is 0 Å². The Hall–Kier alpha value is -0.130. The molecule has 2 heterocycles. The van der Waals surface area contributed by atoms with Gasteiger partial charge in [0.1, 0.15) is 5.60 Å². The van der Waals surface area contributed by atoms with E-state index in [4.69, 9.17) is 18.9 Å². The second-order valence-electron chi connectivity index (χ2n) is 14.6. The standard InChI is InChI=1S/C36H55IO4/c1-33-21-22-36(39-25-26-40-36)27-28(33)14-15-29-30(33)16-19-34(2)31(29)17-20-35(34,41-32-13-9-12-24-38-32)18-10-7-5-3-4-6-8-11-23-37/h14,29-32H,3-9,11-13,15-17,19-27H2,1-2H3/t29-,30+,31+,32?,33+,34+,35+/m1/s1. The van der Waals surface area contributed by atoms with Gasteiger partial charge in [-0.05, 0) is 98.2 Å². The first-order valence-corrected chi connectivity index (χ1v) is 18.8. The molecule has 230 valence electrons. The van der Waals surface area contributed by atoms with Gasteiger partial charge in [-0.15, -0.1) is 5.92 Å². The van der Waals surface area contributed by atoms with Crippen LogP contribution in [0.3, 0.4) is 0 Å². The van der Waals surface area contributed by atoms with Crippen molar-refractivity contribution >= 4 is 22.6 Å². The zero-order valence-electron chi connectivity index (χ0n) is 26.0. The number of halogens is 1. The molecule has 0 aromatic rings. The van der Waals surface area contributed by atoms with Crippen LogP contribution in [-0.2, 0) is 18.9 Å². The van der Waals surface area contributed by atoms with Crippen LogP contribution in [0.15, 0.2) is 11.6 Å². The Bertz CT molecular complexity index is 987. The number of fused-ring (bicyclic) bond motifs is 5. The first kappa shape index (κ1) is 30.9. The SMILES string of the molecule is C[C@]12CCC3(CC1=CC[C@@H]1[C@@H]2CC[C@@]2(C)[C@H]1CC[C@]2(C#CCCCCCCCCI)OC1CCCCO1)OCCO3. The molecule has 4 aliphatic carbocycles. The van der Waals surface area contributed by atoms with Crippen LogP contribution in [0.1, 0.15) is 129 Å². The summed E-state index contributed by atoms with van der Waals surface area (Å²) in [5.74, 6) is 9.40. The van der Waals surface area contributed by atoms with Crippen molar-refractivity contribution in [2.75, 3.05) is 24.2 Å². The lowest BCUT2D eigenvalue weighted by atomic mass is 9.46. The first-order valence-electron chi connectivity index (χ1n) is 17.3. The van der Waals surface area contributed by atoms with Gasteiger partial charge in [0.25, 0.3) is 0 Å². The number of alkyl halides is 1. The Morgan fingerprint density at radius 1 is 0.878 bits per heavy atom. The molecule has 1 unspecified atom stereocenters. The van der Waals surface area contributed by atoms with Crippen LogP contribution in [0, 0.1) is 40.4 Å². The highest BCUT2D eigenvalue weighted by Crippen LogP contribution is 2.68. The third-order valence-corrected chi connectivity index (χ3v) is 13.3. The highest BCUT2D eigenvalue weighted by atomic mass is 127. The van der Waals surface area contributed by atoms with E-state index in [9.17, 15) is 0 Å². The van der Waals surface area contributed by atoms with Crippen molar-refractivity contribution in [3.8, 4) is 11.8 Å². The van der Waals surface area contributed by atoms with Gasteiger partial charge in [0, 0.05) is 31.3 Å². The smallest absolute Gasteiger partial charge is 0.172 e. The maximum absolute atomic E-state index is 7.11. The van der Waals surface area contributed by atoms with E-state index in [0.717, 1.165) is 70.2 Å². The Morgan fingerprint density at radius 2 is 1.66 bits per heavy atom. The molecule has 1 spiro atoms. The highest BCUT2D eigenvalue weighted by Gasteiger charge is 2.65. The van der Waals surface area contributed by atoms with Crippen LogP contribution in [0.2, 0.25) is 0 Å². The zero-order valence-corrected chi connectivity index (χ0v) is 28.1. The van der Waals surface area contributed by atoms with Gasteiger partial charge in [0.05, 0.1) is 13.2 Å². The summed E-state index contributed by atoms with van der Waals surface area (Å²) in [6.45, 7) is 7.48. The molecule has 6 aliphatic rings. The molecule has 0 aromatic carbocycles. The average Bonchev–Trinajstić information content (AvgIpc) is 3.55. The minimum Gasteiger partial charge on any atom is -0.353 e. The van der Waals surface area contributed by atoms with Gasteiger partial charge < -0.3 is 18.9 Å². The van der Waals surface area contributed by atoms with Crippen molar-refractivity contribution in [1.29, 1.82) is 0 Å². The van der Waals surface area contributed by atoms with Gasteiger partial charge >= 0.3 is 0 Å². The molecular formula is C36H55IO4. The maximum Gasteiger partial charge on any atom is 0.172 e. The molecule has 0 aromatic heterocycles. The average molecular weight is 679 g/mol. The highest BCUT2D eigenvalue weighted by molar-refractivity contribution is 14.1. The monoisotopic (exact) mass is 678 g/mol. The van der Waals surface area contributed by atoms with E-state index in [2.05, 4.69) is 54.4 Å². The number of hydrogen-bond acceptors (Lipinski definition) is 4. The van der Waals surface area contributed by atoms with Gasteiger partial charge in [0.2, 0.25) is 0 Å². The third-order valence-electron chi connectivity index (χ3n) is 12.5. The van der Waals surface area contributed by atoms with Crippen molar-refractivity contribution in [3.63, 3.8) is 0 Å². The quantitative estimate of drug-likeness (QED) is 0.0802. The molecule has 0 bridgehead atoms. The number of unbranched alkanes of at least 4 members (excludes halogenated alkanes) is 6.